The molecule has 3 aromatic rings. The highest BCUT2D eigenvalue weighted by atomic mass is 35.5. The molecule has 0 spiro atoms. The van der Waals surface area contributed by atoms with Crippen LogP contribution in [0.3, 0.4) is 0 Å². The third-order valence-electron chi connectivity index (χ3n) is 4.23. The number of benzene rings is 2. The van der Waals surface area contributed by atoms with Crippen LogP contribution in [0.25, 0.3) is 0 Å². The van der Waals surface area contributed by atoms with Gasteiger partial charge < -0.3 is 19.8 Å². The zero-order chi connectivity index (χ0) is 20.6. The van der Waals surface area contributed by atoms with Gasteiger partial charge in [0.1, 0.15) is 24.2 Å². The second-order valence-electron chi connectivity index (χ2n) is 6.37. The van der Waals surface area contributed by atoms with Gasteiger partial charge in [-0.15, -0.1) is 0 Å². The summed E-state index contributed by atoms with van der Waals surface area (Å²) in [5.74, 6) is 0.327. The first-order valence-corrected chi connectivity index (χ1v) is 9.48. The van der Waals surface area contributed by atoms with E-state index in [-0.39, 0.29) is 19.1 Å². The number of rotatable bonds is 8. The summed E-state index contributed by atoms with van der Waals surface area (Å²) in [4.78, 5) is 24.9. The third kappa shape index (κ3) is 5.62. The summed E-state index contributed by atoms with van der Waals surface area (Å²) in [5.41, 5.74) is 1.15. The first kappa shape index (κ1) is 20.5. The normalized spacial score (nSPS) is 11.5. The minimum atomic E-state index is -0.728. The molecule has 0 fully saturated rings. The summed E-state index contributed by atoms with van der Waals surface area (Å²) < 4.78 is 11.0. The van der Waals surface area contributed by atoms with Gasteiger partial charge in [-0.05, 0) is 37.3 Å². The van der Waals surface area contributed by atoms with Crippen molar-refractivity contribution in [2.45, 2.75) is 26.1 Å². The number of nitrogens with one attached hydrogen (secondary N) is 2. The Labute approximate surface area is 173 Å². The summed E-state index contributed by atoms with van der Waals surface area (Å²) in [6.45, 7) is 2.09. The Bertz CT molecular complexity index is 972. The van der Waals surface area contributed by atoms with Crippen molar-refractivity contribution in [1.82, 2.24) is 10.6 Å². The molecule has 2 aromatic carbocycles. The summed E-state index contributed by atoms with van der Waals surface area (Å²) in [7, 11) is 0. The van der Waals surface area contributed by atoms with E-state index in [1.807, 2.05) is 18.2 Å². The molecule has 7 heteroatoms. The molecule has 0 aliphatic carbocycles. The van der Waals surface area contributed by atoms with Gasteiger partial charge in [-0.1, -0.05) is 41.9 Å². The highest BCUT2D eigenvalue weighted by molar-refractivity contribution is 6.31. The van der Waals surface area contributed by atoms with Crippen molar-refractivity contribution in [2.24, 2.45) is 0 Å². The average molecular weight is 413 g/mol. The smallest absolute Gasteiger partial charge is 0.255 e. The van der Waals surface area contributed by atoms with Gasteiger partial charge in [-0.2, -0.15) is 0 Å². The van der Waals surface area contributed by atoms with Crippen LogP contribution >= 0.6 is 11.6 Å². The van der Waals surface area contributed by atoms with Gasteiger partial charge in [-0.3, -0.25) is 9.59 Å². The molecule has 2 amide bonds. The van der Waals surface area contributed by atoms with E-state index in [2.05, 4.69) is 10.6 Å². The molecule has 1 aromatic heterocycles. The minimum Gasteiger partial charge on any atom is -0.488 e. The second-order valence-corrected chi connectivity index (χ2v) is 6.78. The number of halogens is 1. The van der Waals surface area contributed by atoms with Gasteiger partial charge in [0.25, 0.3) is 5.91 Å². The summed E-state index contributed by atoms with van der Waals surface area (Å²) >= 11 is 6.15. The fourth-order valence-electron chi connectivity index (χ4n) is 2.63. The molecule has 0 aliphatic rings. The van der Waals surface area contributed by atoms with Crippen LogP contribution in [-0.2, 0) is 17.9 Å². The zero-order valence-corrected chi connectivity index (χ0v) is 16.6. The molecule has 29 heavy (non-hydrogen) atoms. The van der Waals surface area contributed by atoms with E-state index in [0.29, 0.717) is 22.1 Å². The predicted molar refractivity (Wildman–Crippen MR) is 110 cm³/mol. The van der Waals surface area contributed by atoms with Gasteiger partial charge in [-0.25, -0.2) is 0 Å². The Morgan fingerprint density at radius 2 is 1.83 bits per heavy atom. The maximum atomic E-state index is 12.7. The fourth-order valence-corrected chi connectivity index (χ4v) is 2.82. The van der Waals surface area contributed by atoms with E-state index in [0.717, 1.165) is 5.56 Å². The summed E-state index contributed by atoms with van der Waals surface area (Å²) in [6.07, 6.45) is 1.53. The molecule has 0 radical (unpaired) electrons. The number of ether oxygens (including phenoxy) is 1. The first-order chi connectivity index (χ1) is 14.0. The van der Waals surface area contributed by atoms with Crippen molar-refractivity contribution >= 4 is 23.4 Å². The van der Waals surface area contributed by atoms with E-state index in [4.69, 9.17) is 20.8 Å². The molecule has 6 nitrogen and oxygen atoms in total. The SMILES string of the molecule is CC(NC(=O)c1ccccc1OCc1ccccc1Cl)C(=O)NCc1ccco1. The van der Waals surface area contributed by atoms with Crippen molar-refractivity contribution in [3.63, 3.8) is 0 Å². The first-order valence-electron chi connectivity index (χ1n) is 9.11. The van der Waals surface area contributed by atoms with Crippen LogP contribution in [0.15, 0.2) is 71.3 Å². The number of carbonyl (C=O) groups is 2. The van der Waals surface area contributed by atoms with E-state index in [1.165, 1.54) is 6.26 Å². The van der Waals surface area contributed by atoms with E-state index in [1.54, 1.807) is 49.4 Å². The van der Waals surface area contributed by atoms with Crippen LogP contribution in [-0.4, -0.2) is 17.9 Å². The summed E-state index contributed by atoms with van der Waals surface area (Å²) in [6, 6.07) is 17.0. The standard InChI is InChI=1S/C22H21ClN2O4/c1-15(21(26)24-13-17-8-6-12-28-17)25-22(27)18-9-3-5-11-20(18)29-14-16-7-2-4-10-19(16)23/h2-12,15H,13-14H2,1H3,(H,24,26)(H,25,27). The molecule has 0 saturated carbocycles. The monoisotopic (exact) mass is 412 g/mol. The van der Waals surface area contributed by atoms with Crippen LogP contribution in [0.2, 0.25) is 5.02 Å². The van der Waals surface area contributed by atoms with Gasteiger partial charge in [0.2, 0.25) is 5.91 Å². The number of amides is 2. The third-order valence-corrected chi connectivity index (χ3v) is 4.60. The van der Waals surface area contributed by atoms with Gasteiger partial charge in [0.15, 0.2) is 0 Å². The maximum Gasteiger partial charge on any atom is 0.255 e. The maximum absolute atomic E-state index is 12.7. The zero-order valence-electron chi connectivity index (χ0n) is 15.9. The van der Waals surface area contributed by atoms with Crippen molar-refractivity contribution < 1.29 is 18.7 Å². The molecule has 2 N–H and O–H groups in total. The van der Waals surface area contributed by atoms with Crippen molar-refractivity contribution in [1.29, 1.82) is 0 Å². The average Bonchev–Trinajstić information content (AvgIpc) is 3.25. The molecular weight excluding hydrogens is 392 g/mol. The van der Waals surface area contributed by atoms with Crippen molar-refractivity contribution in [3.05, 3.63) is 88.8 Å². The van der Waals surface area contributed by atoms with Crippen LogP contribution in [0.5, 0.6) is 5.75 Å². The van der Waals surface area contributed by atoms with Crippen LogP contribution in [0.4, 0.5) is 0 Å². The highest BCUT2D eigenvalue weighted by Crippen LogP contribution is 2.22. The Morgan fingerprint density at radius 1 is 1.07 bits per heavy atom. The topological polar surface area (TPSA) is 80.6 Å². The number of hydrogen-bond acceptors (Lipinski definition) is 4. The van der Waals surface area contributed by atoms with Crippen LogP contribution in [0.1, 0.15) is 28.6 Å². The lowest BCUT2D eigenvalue weighted by atomic mass is 10.1. The second kappa shape index (κ2) is 9.80. The van der Waals surface area contributed by atoms with E-state index < -0.39 is 11.9 Å². The quantitative estimate of drug-likeness (QED) is 0.587. The molecule has 0 bridgehead atoms. The number of hydrogen-bond donors (Lipinski definition) is 2. The lowest BCUT2D eigenvalue weighted by Crippen LogP contribution is -2.44. The minimum absolute atomic E-state index is 0.225. The van der Waals surface area contributed by atoms with E-state index >= 15 is 0 Å². The number of para-hydroxylation sites is 1. The molecule has 1 heterocycles. The number of carbonyl (C=O) groups excluding carboxylic acids is 2. The molecule has 1 unspecified atom stereocenters. The molecule has 3 rings (SSSR count). The van der Waals surface area contributed by atoms with Gasteiger partial charge >= 0.3 is 0 Å². The Hall–Kier alpha value is -3.25. The van der Waals surface area contributed by atoms with Gasteiger partial charge in [0, 0.05) is 10.6 Å². The Morgan fingerprint density at radius 3 is 2.59 bits per heavy atom. The van der Waals surface area contributed by atoms with Crippen molar-refractivity contribution in [2.75, 3.05) is 0 Å². The lowest BCUT2D eigenvalue weighted by molar-refractivity contribution is -0.122. The largest absolute Gasteiger partial charge is 0.488 e. The van der Waals surface area contributed by atoms with Gasteiger partial charge in [0.05, 0.1) is 18.4 Å². The molecular formula is C22H21ClN2O4. The molecule has 0 aliphatic heterocycles. The molecule has 0 saturated heterocycles. The highest BCUT2D eigenvalue weighted by Gasteiger charge is 2.19. The summed E-state index contributed by atoms with van der Waals surface area (Å²) in [5, 5.41) is 6.00. The fraction of sp³-hybridized carbons (Fsp3) is 0.182. The van der Waals surface area contributed by atoms with E-state index in [9.17, 15) is 9.59 Å². The molecule has 150 valence electrons. The Balaban J connectivity index is 1.60. The van der Waals surface area contributed by atoms with Crippen LogP contribution in [0, 0.1) is 0 Å². The Kier molecular flexibility index (Phi) is 6.92. The van der Waals surface area contributed by atoms with Crippen LogP contribution < -0.4 is 15.4 Å². The lowest BCUT2D eigenvalue weighted by Gasteiger charge is -2.16. The van der Waals surface area contributed by atoms with Crippen molar-refractivity contribution in [3.8, 4) is 5.75 Å². The molecule has 1 atom stereocenters. The predicted octanol–water partition coefficient (Wildman–Crippen LogP) is 3.95. The number of furan rings is 1.